The Bertz CT molecular complexity index is 683. The van der Waals surface area contributed by atoms with Crippen molar-refractivity contribution in [2.75, 3.05) is 26.7 Å². The molecule has 0 unspecified atom stereocenters. The number of nitrogens with zero attached hydrogens (tertiary/aromatic N) is 2. The van der Waals surface area contributed by atoms with Gasteiger partial charge in [-0.2, -0.15) is 8.78 Å². The Balaban J connectivity index is 1.94. The second-order valence-corrected chi connectivity index (χ2v) is 6.82. The van der Waals surface area contributed by atoms with Crippen LogP contribution in [-0.4, -0.2) is 50.1 Å². The van der Waals surface area contributed by atoms with Crippen molar-refractivity contribution in [2.45, 2.75) is 32.4 Å². The molecule has 2 N–H and O–H groups in total. The first-order chi connectivity index (χ1) is 12.9. The number of nitrogens with one attached hydrogen (secondary N) is 2. The molecule has 27 heavy (non-hydrogen) atoms. The highest BCUT2D eigenvalue weighted by Gasteiger charge is 2.18. The van der Waals surface area contributed by atoms with Gasteiger partial charge < -0.3 is 20.3 Å². The molecule has 0 spiro atoms. The molecule has 0 bridgehead atoms. The van der Waals surface area contributed by atoms with Gasteiger partial charge in [0.05, 0.1) is 11.6 Å². The minimum absolute atomic E-state index is 0.00910. The van der Waals surface area contributed by atoms with E-state index in [1.54, 1.807) is 7.05 Å². The molecule has 2 rings (SSSR count). The van der Waals surface area contributed by atoms with Crippen molar-refractivity contribution in [1.82, 2.24) is 15.5 Å². The molecule has 6 nitrogen and oxygen atoms in total. The number of guanidine groups is 1. The molecular formula is C17H22Cl2F2N4O2. The molecular weight excluding hydrogens is 401 g/mol. The number of likely N-dealkylation sites (tertiary alicyclic amines) is 1. The summed E-state index contributed by atoms with van der Waals surface area (Å²) in [6, 6.07) is 2.80. The van der Waals surface area contributed by atoms with E-state index in [4.69, 9.17) is 23.2 Å². The lowest BCUT2D eigenvalue weighted by molar-refractivity contribution is -0.130. The van der Waals surface area contributed by atoms with Crippen LogP contribution in [0.25, 0.3) is 0 Å². The molecule has 1 amide bonds. The fourth-order valence-corrected chi connectivity index (χ4v) is 3.36. The van der Waals surface area contributed by atoms with Crippen LogP contribution in [0.15, 0.2) is 17.1 Å². The lowest BCUT2D eigenvalue weighted by Crippen LogP contribution is -2.45. The number of ether oxygens (including phenoxy) is 1. The van der Waals surface area contributed by atoms with Crippen molar-refractivity contribution in [1.29, 1.82) is 0 Å². The number of rotatable bonds is 6. The fourth-order valence-electron chi connectivity index (χ4n) is 2.78. The van der Waals surface area contributed by atoms with E-state index in [1.807, 2.05) is 4.90 Å². The van der Waals surface area contributed by atoms with Gasteiger partial charge in [-0.15, -0.1) is 0 Å². The minimum Gasteiger partial charge on any atom is -0.433 e. The SMILES string of the molecule is CN=C(NCC(=O)N1CCCCC1)NCc1cc(Cl)cc(Cl)c1OC(F)F. The fraction of sp³-hybridized carbons (Fsp3) is 0.529. The van der Waals surface area contributed by atoms with Gasteiger partial charge in [0.25, 0.3) is 0 Å². The third kappa shape index (κ3) is 6.70. The summed E-state index contributed by atoms with van der Waals surface area (Å²) in [7, 11) is 1.54. The van der Waals surface area contributed by atoms with Gasteiger partial charge in [-0.1, -0.05) is 23.2 Å². The molecule has 1 heterocycles. The Morgan fingerprint density at radius 2 is 1.96 bits per heavy atom. The highest BCUT2D eigenvalue weighted by atomic mass is 35.5. The highest BCUT2D eigenvalue weighted by molar-refractivity contribution is 6.35. The molecule has 1 fully saturated rings. The van der Waals surface area contributed by atoms with Crippen molar-refractivity contribution < 1.29 is 18.3 Å². The summed E-state index contributed by atoms with van der Waals surface area (Å²) >= 11 is 11.9. The van der Waals surface area contributed by atoms with E-state index in [-0.39, 0.29) is 29.8 Å². The van der Waals surface area contributed by atoms with E-state index in [0.717, 1.165) is 32.4 Å². The number of aliphatic imine (C=N–C) groups is 1. The second kappa shape index (κ2) is 10.5. The molecule has 10 heteroatoms. The summed E-state index contributed by atoms with van der Waals surface area (Å²) in [5, 5.41) is 6.14. The van der Waals surface area contributed by atoms with Gasteiger partial charge in [-0.25, -0.2) is 0 Å². The zero-order chi connectivity index (χ0) is 19.8. The van der Waals surface area contributed by atoms with E-state index in [9.17, 15) is 13.6 Å². The average Bonchev–Trinajstić information content (AvgIpc) is 2.64. The topological polar surface area (TPSA) is 66.0 Å². The third-order valence-corrected chi connectivity index (χ3v) is 4.58. The van der Waals surface area contributed by atoms with Crippen LogP contribution in [0, 0.1) is 0 Å². The van der Waals surface area contributed by atoms with Gasteiger partial charge in [0.15, 0.2) is 5.96 Å². The predicted molar refractivity (Wildman–Crippen MR) is 102 cm³/mol. The second-order valence-electron chi connectivity index (χ2n) is 5.98. The molecule has 0 saturated carbocycles. The zero-order valence-corrected chi connectivity index (χ0v) is 16.4. The molecule has 0 radical (unpaired) electrons. The Hall–Kier alpha value is -1.80. The number of alkyl halides is 2. The first-order valence-corrected chi connectivity index (χ1v) is 9.31. The Labute approximate surface area is 166 Å². The summed E-state index contributed by atoms with van der Waals surface area (Å²) in [6.45, 7) is -1.30. The average molecular weight is 423 g/mol. The maximum absolute atomic E-state index is 12.6. The van der Waals surface area contributed by atoms with Crippen LogP contribution in [0.2, 0.25) is 10.0 Å². The minimum atomic E-state index is -3.01. The largest absolute Gasteiger partial charge is 0.433 e. The van der Waals surface area contributed by atoms with Crippen LogP contribution in [0.3, 0.4) is 0 Å². The normalized spacial score (nSPS) is 15.0. The summed E-state index contributed by atoms with van der Waals surface area (Å²) in [5.41, 5.74) is 0.345. The molecule has 1 saturated heterocycles. The molecule has 150 valence electrons. The standard InChI is InChI=1S/C17H22Cl2F2N4O2/c1-22-17(24-10-14(26)25-5-3-2-4-6-25)23-9-11-7-12(18)8-13(19)15(11)27-16(20)21/h7-8,16H,2-6,9-10H2,1H3,(H2,22,23,24). The van der Waals surface area contributed by atoms with Crippen LogP contribution in [0.1, 0.15) is 24.8 Å². The first kappa shape index (κ1) is 21.5. The number of carbonyl (C=O) groups excluding carboxylic acids is 1. The van der Waals surface area contributed by atoms with Gasteiger partial charge >= 0.3 is 6.61 Å². The van der Waals surface area contributed by atoms with Crippen LogP contribution < -0.4 is 15.4 Å². The Morgan fingerprint density at radius 3 is 2.59 bits per heavy atom. The summed E-state index contributed by atoms with van der Waals surface area (Å²) in [6.07, 6.45) is 3.17. The summed E-state index contributed by atoms with van der Waals surface area (Å²) < 4.78 is 29.7. The van der Waals surface area contributed by atoms with Crippen molar-refractivity contribution in [3.63, 3.8) is 0 Å². The van der Waals surface area contributed by atoms with E-state index in [2.05, 4.69) is 20.4 Å². The number of hydrogen-bond donors (Lipinski definition) is 2. The van der Waals surface area contributed by atoms with Crippen molar-refractivity contribution >= 4 is 35.1 Å². The number of carbonyl (C=O) groups is 1. The molecule has 1 aliphatic heterocycles. The number of hydrogen-bond acceptors (Lipinski definition) is 3. The van der Waals surface area contributed by atoms with Crippen LogP contribution in [0.4, 0.5) is 8.78 Å². The monoisotopic (exact) mass is 422 g/mol. The number of amides is 1. The lowest BCUT2D eigenvalue weighted by atomic mass is 10.1. The highest BCUT2D eigenvalue weighted by Crippen LogP contribution is 2.33. The lowest BCUT2D eigenvalue weighted by Gasteiger charge is -2.27. The number of halogens is 4. The summed E-state index contributed by atoms with van der Waals surface area (Å²) in [5.74, 6) is 0.188. The molecule has 0 aliphatic carbocycles. The molecule has 1 aliphatic rings. The first-order valence-electron chi connectivity index (χ1n) is 8.55. The van der Waals surface area contributed by atoms with Crippen LogP contribution in [-0.2, 0) is 11.3 Å². The smallest absolute Gasteiger partial charge is 0.387 e. The van der Waals surface area contributed by atoms with Crippen LogP contribution in [0.5, 0.6) is 5.75 Å². The molecule has 0 aromatic heterocycles. The third-order valence-electron chi connectivity index (χ3n) is 4.08. The number of piperidine rings is 1. The maximum atomic E-state index is 12.6. The van der Waals surface area contributed by atoms with Crippen LogP contribution >= 0.6 is 23.2 Å². The summed E-state index contributed by atoms with van der Waals surface area (Å²) in [4.78, 5) is 18.0. The van der Waals surface area contributed by atoms with Gasteiger partial charge in [0.1, 0.15) is 5.75 Å². The van der Waals surface area contributed by atoms with Gasteiger partial charge in [-0.3, -0.25) is 9.79 Å². The van der Waals surface area contributed by atoms with E-state index < -0.39 is 6.61 Å². The van der Waals surface area contributed by atoms with Gasteiger partial charge in [0.2, 0.25) is 5.91 Å². The maximum Gasteiger partial charge on any atom is 0.387 e. The van der Waals surface area contributed by atoms with Crippen molar-refractivity contribution in [3.05, 3.63) is 27.7 Å². The van der Waals surface area contributed by atoms with Gasteiger partial charge in [-0.05, 0) is 31.4 Å². The van der Waals surface area contributed by atoms with E-state index in [0.29, 0.717) is 16.5 Å². The van der Waals surface area contributed by atoms with E-state index >= 15 is 0 Å². The van der Waals surface area contributed by atoms with E-state index in [1.165, 1.54) is 12.1 Å². The predicted octanol–water partition coefficient (Wildman–Crippen LogP) is 3.27. The van der Waals surface area contributed by atoms with Gasteiger partial charge in [0, 0.05) is 37.3 Å². The molecule has 0 atom stereocenters. The van der Waals surface area contributed by atoms with Crippen molar-refractivity contribution in [2.24, 2.45) is 4.99 Å². The zero-order valence-electron chi connectivity index (χ0n) is 14.9. The Kier molecular flexibility index (Phi) is 8.37. The molecule has 1 aromatic carbocycles. The molecule has 1 aromatic rings. The Morgan fingerprint density at radius 1 is 1.26 bits per heavy atom. The van der Waals surface area contributed by atoms with Crippen molar-refractivity contribution in [3.8, 4) is 5.75 Å². The number of benzene rings is 1. The quantitative estimate of drug-likeness (QED) is 0.545.